The van der Waals surface area contributed by atoms with Crippen molar-refractivity contribution < 1.29 is 14.0 Å². The number of fused-ring (bicyclic) bond motifs is 1. The standard InChI is InChI=1S/C27H27FN2O2/c1-18(2)26(31)29-19(3)17-25(23-11-7-8-12-24(23)29)30(22-9-5-4-6-10-22)27(32)20-13-15-21(28)16-14-20/h4-16,18-19,25H,17H2,1-3H3/t19-,25-/m1/s1. The molecular weight excluding hydrogens is 403 g/mol. The van der Waals surface area contributed by atoms with Gasteiger partial charge in [-0.2, -0.15) is 0 Å². The van der Waals surface area contributed by atoms with Crippen LogP contribution in [-0.4, -0.2) is 17.9 Å². The molecule has 2 atom stereocenters. The van der Waals surface area contributed by atoms with E-state index < -0.39 is 0 Å². The number of carbonyl (C=O) groups excluding carboxylic acids is 2. The van der Waals surface area contributed by atoms with Crippen LogP contribution in [0.3, 0.4) is 0 Å². The highest BCUT2D eigenvalue weighted by molar-refractivity contribution is 6.07. The maximum Gasteiger partial charge on any atom is 0.258 e. The summed E-state index contributed by atoms with van der Waals surface area (Å²) in [7, 11) is 0. The maximum atomic E-state index is 13.7. The Morgan fingerprint density at radius 1 is 0.938 bits per heavy atom. The van der Waals surface area contributed by atoms with E-state index in [0.717, 1.165) is 16.9 Å². The Hall–Kier alpha value is -3.47. The number of halogens is 1. The molecule has 0 bridgehead atoms. The molecule has 0 fully saturated rings. The highest BCUT2D eigenvalue weighted by Crippen LogP contribution is 2.43. The first-order valence-corrected chi connectivity index (χ1v) is 10.9. The average Bonchev–Trinajstić information content (AvgIpc) is 2.80. The summed E-state index contributed by atoms with van der Waals surface area (Å²) in [5, 5.41) is 0. The summed E-state index contributed by atoms with van der Waals surface area (Å²) in [6.07, 6.45) is 0.595. The van der Waals surface area contributed by atoms with Crippen molar-refractivity contribution >= 4 is 23.2 Å². The van der Waals surface area contributed by atoms with Crippen LogP contribution in [-0.2, 0) is 4.79 Å². The molecule has 4 rings (SSSR count). The van der Waals surface area contributed by atoms with Gasteiger partial charge >= 0.3 is 0 Å². The van der Waals surface area contributed by atoms with Crippen molar-refractivity contribution in [3.05, 3.63) is 95.8 Å². The van der Waals surface area contributed by atoms with Crippen LogP contribution < -0.4 is 9.80 Å². The minimum Gasteiger partial charge on any atom is -0.309 e. The number of carbonyl (C=O) groups is 2. The molecule has 3 aromatic rings. The summed E-state index contributed by atoms with van der Waals surface area (Å²) in [6.45, 7) is 5.82. The maximum absolute atomic E-state index is 13.7. The van der Waals surface area contributed by atoms with E-state index in [1.807, 2.05) is 80.3 Å². The van der Waals surface area contributed by atoms with Crippen LogP contribution in [0.25, 0.3) is 0 Å². The second kappa shape index (κ2) is 8.95. The van der Waals surface area contributed by atoms with Gasteiger partial charge in [0.15, 0.2) is 0 Å². The molecule has 0 N–H and O–H groups in total. The van der Waals surface area contributed by atoms with Crippen molar-refractivity contribution in [2.75, 3.05) is 9.80 Å². The molecule has 5 heteroatoms. The van der Waals surface area contributed by atoms with Gasteiger partial charge in [0.2, 0.25) is 5.91 Å². The Labute approximate surface area is 188 Å². The molecule has 1 aliphatic heterocycles. The van der Waals surface area contributed by atoms with E-state index >= 15 is 0 Å². The van der Waals surface area contributed by atoms with Gasteiger partial charge in [-0.05, 0) is 61.4 Å². The van der Waals surface area contributed by atoms with Gasteiger partial charge in [-0.25, -0.2) is 4.39 Å². The molecule has 0 aromatic heterocycles. The van der Waals surface area contributed by atoms with Gasteiger partial charge in [-0.1, -0.05) is 50.2 Å². The fourth-order valence-electron chi connectivity index (χ4n) is 4.40. The molecule has 0 saturated heterocycles. The summed E-state index contributed by atoms with van der Waals surface area (Å²) in [4.78, 5) is 30.4. The zero-order chi connectivity index (χ0) is 22.8. The summed E-state index contributed by atoms with van der Waals surface area (Å²) in [6, 6.07) is 22.6. The highest BCUT2D eigenvalue weighted by Gasteiger charge is 2.39. The predicted molar refractivity (Wildman–Crippen MR) is 125 cm³/mol. The Morgan fingerprint density at radius 2 is 1.56 bits per heavy atom. The van der Waals surface area contributed by atoms with Gasteiger partial charge in [-0.15, -0.1) is 0 Å². The second-order valence-electron chi connectivity index (χ2n) is 8.54. The molecule has 164 valence electrons. The van der Waals surface area contributed by atoms with Crippen LogP contribution >= 0.6 is 0 Å². The third-order valence-corrected chi connectivity index (χ3v) is 5.95. The number of rotatable bonds is 4. The quantitative estimate of drug-likeness (QED) is 0.510. The summed E-state index contributed by atoms with van der Waals surface area (Å²) >= 11 is 0. The second-order valence-corrected chi connectivity index (χ2v) is 8.54. The van der Waals surface area contributed by atoms with Crippen molar-refractivity contribution in [2.45, 2.75) is 39.3 Å². The third kappa shape index (κ3) is 4.03. The molecule has 0 spiro atoms. The van der Waals surface area contributed by atoms with Crippen molar-refractivity contribution in [3.8, 4) is 0 Å². The van der Waals surface area contributed by atoms with Gasteiger partial charge in [0, 0.05) is 28.9 Å². The molecule has 2 amide bonds. The SMILES string of the molecule is CC(C)C(=O)N1c2ccccc2[C@H](N(C(=O)c2ccc(F)cc2)c2ccccc2)C[C@H]1C. The Kier molecular flexibility index (Phi) is 6.08. The number of benzene rings is 3. The van der Waals surface area contributed by atoms with Gasteiger partial charge in [0.05, 0.1) is 6.04 Å². The summed E-state index contributed by atoms with van der Waals surface area (Å²) in [5.41, 5.74) is 2.94. The lowest BCUT2D eigenvalue weighted by Crippen LogP contribution is -2.49. The van der Waals surface area contributed by atoms with E-state index in [9.17, 15) is 14.0 Å². The first-order chi connectivity index (χ1) is 15.4. The Morgan fingerprint density at radius 3 is 2.22 bits per heavy atom. The fraction of sp³-hybridized carbons (Fsp3) is 0.259. The fourth-order valence-corrected chi connectivity index (χ4v) is 4.40. The first-order valence-electron chi connectivity index (χ1n) is 10.9. The smallest absolute Gasteiger partial charge is 0.258 e. The van der Waals surface area contributed by atoms with Gasteiger partial charge in [-0.3, -0.25) is 9.59 Å². The van der Waals surface area contributed by atoms with Gasteiger partial charge < -0.3 is 9.80 Å². The first kappa shape index (κ1) is 21.8. The lowest BCUT2D eigenvalue weighted by Gasteiger charge is -2.44. The van der Waals surface area contributed by atoms with E-state index in [1.54, 1.807) is 4.90 Å². The van der Waals surface area contributed by atoms with E-state index in [4.69, 9.17) is 0 Å². The Balaban J connectivity index is 1.84. The van der Waals surface area contributed by atoms with Crippen LogP contribution in [0.5, 0.6) is 0 Å². The lowest BCUT2D eigenvalue weighted by atomic mass is 9.88. The van der Waals surface area contributed by atoms with Crippen molar-refractivity contribution in [2.24, 2.45) is 5.92 Å². The molecule has 1 aliphatic rings. The minimum atomic E-state index is -0.382. The van der Waals surface area contributed by atoms with Crippen molar-refractivity contribution in [1.82, 2.24) is 0 Å². The van der Waals surface area contributed by atoms with Crippen LogP contribution in [0.15, 0.2) is 78.9 Å². The molecular formula is C27H27FN2O2. The van der Waals surface area contributed by atoms with Crippen LogP contribution in [0, 0.1) is 11.7 Å². The van der Waals surface area contributed by atoms with Crippen molar-refractivity contribution in [3.63, 3.8) is 0 Å². The van der Waals surface area contributed by atoms with E-state index in [2.05, 4.69) is 0 Å². The molecule has 0 aliphatic carbocycles. The number of hydrogen-bond donors (Lipinski definition) is 0. The largest absolute Gasteiger partial charge is 0.309 e. The predicted octanol–water partition coefficient (Wildman–Crippen LogP) is 6.00. The van der Waals surface area contributed by atoms with Crippen molar-refractivity contribution in [1.29, 1.82) is 0 Å². The average molecular weight is 431 g/mol. The molecule has 32 heavy (non-hydrogen) atoms. The number of amides is 2. The number of anilines is 2. The summed E-state index contributed by atoms with van der Waals surface area (Å²) < 4.78 is 13.5. The van der Waals surface area contributed by atoms with Gasteiger partial charge in [0.25, 0.3) is 5.91 Å². The van der Waals surface area contributed by atoms with Crippen LogP contribution in [0.4, 0.5) is 15.8 Å². The molecule has 0 saturated carbocycles. The molecule has 3 aromatic carbocycles. The minimum absolute atomic E-state index is 0.0690. The Bertz CT molecular complexity index is 1110. The number of nitrogens with zero attached hydrogens (tertiary/aromatic N) is 2. The molecule has 1 heterocycles. The molecule has 4 nitrogen and oxygen atoms in total. The zero-order valence-corrected chi connectivity index (χ0v) is 18.5. The zero-order valence-electron chi connectivity index (χ0n) is 18.5. The monoisotopic (exact) mass is 430 g/mol. The number of hydrogen-bond acceptors (Lipinski definition) is 2. The topological polar surface area (TPSA) is 40.6 Å². The molecule has 0 unspecified atom stereocenters. The van der Waals surface area contributed by atoms with E-state index in [1.165, 1.54) is 24.3 Å². The summed E-state index contributed by atoms with van der Waals surface area (Å²) in [5.74, 6) is -0.647. The highest BCUT2D eigenvalue weighted by atomic mass is 19.1. The molecule has 0 radical (unpaired) electrons. The third-order valence-electron chi connectivity index (χ3n) is 5.95. The number of para-hydroxylation sites is 2. The van der Waals surface area contributed by atoms with E-state index in [-0.39, 0.29) is 35.6 Å². The van der Waals surface area contributed by atoms with Gasteiger partial charge in [0.1, 0.15) is 5.82 Å². The lowest BCUT2D eigenvalue weighted by molar-refractivity contribution is -0.122. The van der Waals surface area contributed by atoms with Crippen LogP contribution in [0.1, 0.15) is 49.2 Å². The van der Waals surface area contributed by atoms with Crippen LogP contribution in [0.2, 0.25) is 0 Å². The van der Waals surface area contributed by atoms with E-state index in [0.29, 0.717) is 12.0 Å². The normalized spacial score (nSPS) is 17.7.